The predicted octanol–water partition coefficient (Wildman–Crippen LogP) is 5.00. The Morgan fingerprint density at radius 2 is 1.56 bits per heavy atom. The van der Waals surface area contributed by atoms with E-state index in [1.807, 2.05) is 30.3 Å². The maximum atomic E-state index is 13.0. The minimum absolute atomic E-state index is 0.177. The van der Waals surface area contributed by atoms with Crippen LogP contribution in [0, 0.1) is 5.82 Å². The van der Waals surface area contributed by atoms with Gasteiger partial charge >= 0.3 is 0 Å². The molecule has 25 heavy (non-hydrogen) atoms. The maximum Gasteiger partial charge on any atom is 0.242 e. The molecule has 3 aromatic rings. The molecule has 126 valence electrons. The minimum Gasteiger partial charge on any atom is -0.508 e. The van der Waals surface area contributed by atoms with Gasteiger partial charge in [-0.1, -0.05) is 30.3 Å². The minimum atomic E-state index is -0.476. The van der Waals surface area contributed by atoms with Crippen LogP contribution in [0.4, 0.5) is 10.1 Å². The molecule has 0 bridgehead atoms. The van der Waals surface area contributed by atoms with Gasteiger partial charge in [0.1, 0.15) is 16.8 Å². The van der Waals surface area contributed by atoms with Crippen molar-refractivity contribution in [3.63, 3.8) is 0 Å². The van der Waals surface area contributed by atoms with Crippen LogP contribution >= 0.6 is 11.8 Å². The van der Waals surface area contributed by atoms with Gasteiger partial charge in [0.2, 0.25) is 5.91 Å². The summed E-state index contributed by atoms with van der Waals surface area (Å²) in [6.07, 6.45) is 0. The van der Waals surface area contributed by atoms with E-state index in [1.54, 1.807) is 24.3 Å². The first-order valence-corrected chi connectivity index (χ1v) is 8.57. The smallest absolute Gasteiger partial charge is 0.242 e. The van der Waals surface area contributed by atoms with Crippen LogP contribution in [0.1, 0.15) is 10.8 Å². The lowest BCUT2D eigenvalue weighted by molar-refractivity contribution is -0.115. The van der Waals surface area contributed by atoms with Gasteiger partial charge in [0, 0.05) is 10.6 Å². The molecule has 3 rings (SSSR count). The standard InChI is InChI=1S/C20H16FNO2S/c21-15-6-8-16(9-7-15)22-20(24)19(14-4-2-1-3-5-14)25-18-12-10-17(23)11-13-18/h1-13,19,23H,(H,22,24). The fourth-order valence-electron chi connectivity index (χ4n) is 2.30. The van der Waals surface area contributed by atoms with Gasteiger partial charge in [-0.15, -0.1) is 11.8 Å². The Morgan fingerprint density at radius 3 is 2.20 bits per heavy atom. The van der Waals surface area contributed by atoms with E-state index in [0.717, 1.165) is 10.5 Å². The number of phenols is 1. The fraction of sp³-hybridized carbons (Fsp3) is 0.0500. The summed E-state index contributed by atoms with van der Waals surface area (Å²) in [5.74, 6) is -0.372. The Hall–Kier alpha value is -2.79. The van der Waals surface area contributed by atoms with Crippen LogP contribution in [-0.2, 0) is 4.79 Å². The number of anilines is 1. The van der Waals surface area contributed by atoms with Crippen molar-refractivity contribution in [2.24, 2.45) is 0 Å². The van der Waals surface area contributed by atoms with Gasteiger partial charge in [-0.05, 0) is 54.1 Å². The van der Waals surface area contributed by atoms with Crippen molar-refractivity contribution in [3.05, 3.63) is 90.2 Å². The van der Waals surface area contributed by atoms with Crippen molar-refractivity contribution >= 4 is 23.4 Å². The number of hydrogen-bond donors (Lipinski definition) is 2. The molecule has 0 aliphatic carbocycles. The highest BCUT2D eigenvalue weighted by Gasteiger charge is 2.22. The Kier molecular flexibility index (Phi) is 5.36. The third-order valence-corrected chi connectivity index (χ3v) is 4.81. The van der Waals surface area contributed by atoms with E-state index in [4.69, 9.17) is 0 Å². The molecular weight excluding hydrogens is 337 g/mol. The van der Waals surface area contributed by atoms with Crippen molar-refractivity contribution in [2.45, 2.75) is 10.1 Å². The zero-order chi connectivity index (χ0) is 17.6. The first-order chi connectivity index (χ1) is 12.1. The molecule has 0 aromatic heterocycles. The van der Waals surface area contributed by atoms with Crippen molar-refractivity contribution in [1.82, 2.24) is 0 Å². The molecule has 0 saturated heterocycles. The van der Waals surface area contributed by atoms with E-state index >= 15 is 0 Å². The van der Waals surface area contributed by atoms with Crippen molar-refractivity contribution in [1.29, 1.82) is 0 Å². The van der Waals surface area contributed by atoms with Crippen LogP contribution in [0.5, 0.6) is 5.75 Å². The van der Waals surface area contributed by atoms with E-state index in [0.29, 0.717) is 5.69 Å². The third kappa shape index (κ3) is 4.61. The van der Waals surface area contributed by atoms with Crippen molar-refractivity contribution in [2.75, 3.05) is 5.32 Å². The Labute approximate surface area is 149 Å². The van der Waals surface area contributed by atoms with Crippen LogP contribution in [0.25, 0.3) is 0 Å². The summed E-state index contributed by atoms with van der Waals surface area (Å²) in [6.45, 7) is 0. The van der Waals surface area contributed by atoms with E-state index in [2.05, 4.69) is 5.32 Å². The summed E-state index contributed by atoms with van der Waals surface area (Å²) in [6, 6.07) is 21.8. The highest BCUT2D eigenvalue weighted by Crippen LogP contribution is 2.36. The van der Waals surface area contributed by atoms with Gasteiger partial charge in [0.15, 0.2) is 0 Å². The molecular formula is C20H16FNO2S. The summed E-state index contributed by atoms with van der Waals surface area (Å²) in [5.41, 5.74) is 1.40. The molecule has 0 aliphatic heterocycles. The summed E-state index contributed by atoms with van der Waals surface area (Å²) in [7, 11) is 0. The second-order valence-corrected chi connectivity index (χ2v) is 6.58. The van der Waals surface area contributed by atoms with Gasteiger partial charge in [-0.3, -0.25) is 4.79 Å². The Bertz CT molecular complexity index is 836. The number of amides is 1. The highest BCUT2D eigenvalue weighted by molar-refractivity contribution is 8.00. The molecule has 0 spiro atoms. The molecule has 3 aromatic carbocycles. The Balaban J connectivity index is 1.83. The molecule has 0 fully saturated rings. The lowest BCUT2D eigenvalue weighted by Gasteiger charge is -2.17. The molecule has 1 atom stereocenters. The SMILES string of the molecule is O=C(Nc1ccc(F)cc1)C(Sc1ccc(O)cc1)c1ccccc1. The molecule has 0 saturated carbocycles. The van der Waals surface area contributed by atoms with Gasteiger partial charge in [-0.2, -0.15) is 0 Å². The summed E-state index contributed by atoms with van der Waals surface area (Å²) < 4.78 is 13.0. The van der Waals surface area contributed by atoms with Crippen molar-refractivity contribution < 1.29 is 14.3 Å². The predicted molar refractivity (Wildman–Crippen MR) is 98.2 cm³/mol. The number of aromatic hydroxyl groups is 1. The van der Waals surface area contributed by atoms with Gasteiger partial charge in [-0.25, -0.2) is 4.39 Å². The third-order valence-electron chi connectivity index (χ3n) is 3.54. The molecule has 2 N–H and O–H groups in total. The molecule has 1 unspecified atom stereocenters. The Morgan fingerprint density at radius 1 is 0.920 bits per heavy atom. The van der Waals surface area contributed by atoms with Crippen LogP contribution in [0.3, 0.4) is 0 Å². The van der Waals surface area contributed by atoms with Crippen molar-refractivity contribution in [3.8, 4) is 5.75 Å². The zero-order valence-electron chi connectivity index (χ0n) is 13.2. The normalized spacial score (nSPS) is 11.7. The number of nitrogens with one attached hydrogen (secondary N) is 1. The fourth-order valence-corrected chi connectivity index (χ4v) is 3.33. The number of rotatable bonds is 5. The van der Waals surface area contributed by atoms with E-state index in [-0.39, 0.29) is 17.5 Å². The summed E-state index contributed by atoms with van der Waals surface area (Å²) >= 11 is 1.38. The van der Waals surface area contributed by atoms with E-state index in [1.165, 1.54) is 36.0 Å². The monoisotopic (exact) mass is 353 g/mol. The molecule has 0 radical (unpaired) electrons. The van der Waals surface area contributed by atoms with Gasteiger partial charge in [0.05, 0.1) is 0 Å². The van der Waals surface area contributed by atoms with Crippen LogP contribution in [0.15, 0.2) is 83.8 Å². The molecule has 0 aliphatic rings. The first-order valence-electron chi connectivity index (χ1n) is 7.69. The van der Waals surface area contributed by atoms with Gasteiger partial charge in [0.25, 0.3) is 0 Å². The number of carbonyl (C=O) groups excluding carboxylic acids is 1. The quantitative estimate of drug-likeness (QED) is 0.634. The second kappa shape index (κ2) is 7.85. The van der Waals surface area contributed by atoms with Crippen LogP contribution < -0.4 is 5.32 Å². The molecule has 3 nitrogen and oxygen atoms in total. The number of phenolic OH excluding ortho intramolecular Hbond substituents is 1. The van der Waals surface area contributed by atoms with Gasteiger partial charge < -0.3 is 10.4 Å². The second-order valence-electron chi connectivity index (χ2n) is 5.40. The lowest BCUT2D eigenvalue weighted by Crippen LogP contribution is -2.19. The lowest BCUT2D eigenvalue weighted by atomic mass is 10.1. The molecule has 0 heterocycles. The highest BCUT2D eigenvalue weighted by atomic mass is 32.2. The number of halogens is 1. The summed E-state index contributed by atoms with van der Waals surface area (Å²) in [4.78, 5) is 13.7. The zero-order valence-corrected chi connectivity index (χ0v) is 14.0. The van der Waals surface area contributed by atoms with E-state index < -0.39 is 5.25 Å². The molecule has 5 heteroatoms. The largest absolute Gasteiger partial charge is 0.508 e. The number of hydrogen-bond acceptors (Lipinski definition) is 3. The number of thioether (sulfide) groups is 1. The average molecular weight is 353 g/mol. The molecule has 1 amide bonds. The number of carbonyl (C=O) groups is 1. The van der Waals surface area contributed by atoms with Crippen LogP contribution in [-0.4, -0.2) is 11.0 Å². The number of benzene rings is 3. The first kappa shape index (κ1) is 17.0. The average Bonchev–Trinajstić information content (AvgIpc) is 2.64. The maximum absolute atomic E-state index is 13.0. The summed E-state index contributed by atoms with van der Waals surface area (Å²) in [5, 5.41) is 11.8. The topological polar surface area (TPSA) is 49.3 Å². The van der Waals surface area contributed by atoms with Crippen LogP contribution in [0.2, 0.25) is 0 Å². The van der Waals surface area contributed by atoms with E-state index in [9.17, 15) is 14.3 Å².